The first-order valence-corrected chi connectivity index (χ1v) is 8.09. The number of anilines is 1. The van der Waals surface area contributed by atoms with E-state index in [1.807, 2.05) is 0 Å². The minimum absolute atomic E-state index is 0.277. The first-order chi connectivity index (χ1) is 12.6. The molecule has 138 valence electrons. The van der Waals surface area contributed by atoms with E-state index in [-0.39, 0.29) is 12.3 Å². The van der Waals surface area contributed by atoms with Gasteiger partial charge in [0.1, 0.15) is 30.3 Å². The largest absolute Gasteiger partial charge is 0.497 e. The monoisotopic (exact) mass is 358 g/mol. The van der Waals surface area contributed by atoms with Crippen molar-refractivity contribution in [2.75, 3.05) is 32.7 Å². The number of para-hydroxylation sites is 2. The van der Waals surface area contributed by atoms with Crippen molar-refractivity contribution in [3.8, 4) is 17.2 Å². The van der Waals surface area contributed by atoms with Crippen LogP contribution in [0, 0.1) is 0 Å². The van der Waals surface area contributed by atoms with E-state index in [0.29, 0.717) is 30.3 Å². The minimum Gasteiger partial charge on any atom is -0.497 e. The molecule has 0 aromatic heterocycles. The van der Waals surface area contributed by atoms with Crippen LogP contribution in [0.15, 0.2) is 48.5 Å². The van der Waals surface area contributed by atoms with Gasteiger partial charge in [-0.15, -0.1) is 0 Å². The molecule has 0 unspecified atom stereocenters. The summed E-state index contributed by atoms with van der Waals surface area (Å²) in [5.74, 6) is 1.16. The van der Waals surface area contributed by atoms with Crippen LogP contribution in [0.4, 0.5) is 5.69 Å². The molecule has 26 heavy (non-hydrogen) atoms. The van der Waals surface area contributed by atoms with E-state index in [1.165, 1.54) is 7.11 Å². The van der Waals surface area contributed by atoms with Crippen LogP contribution in [-0.2, 0) is 9.59 Å². The summed E-state index contributed by atoms with van der Waals surface area (Å²) in [5.41, 5.74) is 0.524. The number of methoxy groups -OCH3 is 2. The van der Waals surface area contributed by atoms with Crippen molar-refractivity contribution in [1.82, 2.24) is 5.32 Å². The highest BCUT2D eigenvalue weighted by molar-refractivity contribution is 6.04. The summed E-state index contributed by atoms with van der Waals surface area (Å²) in [6.45, 7) is 0.596. The van der Waals surface area contributed by atoms with E-state index in [2.05, 4.69) is 10.6 Å². The maximum atomic E-state index is 11.9. The zero-order valence-corrected chi connectivity index (χ0v) is 14.8. The predicted octanol–water partition coefficient (Wildman–Crippen LogP) is 2.23. The van der Waals surface area contributed by atoms with E-state index in [1.54, 1.807) is 55.6 Å². The highest BCUT2D eigenvalue weighted by Gasteiger charge is 2.11. The average molecular weight is 358 g/mol. The number of nitrogens with one attached hydrogen (secondary N) is 2. The van der Waals surface area contributed by atoms with Crippen molar-refractivity contribution in [1.29, 1.82) is 0 Å². The topological polar surface area (TPSA) is 85.9 Å². The molecule has 2 aromatic carbocycles. The molecule has 2 rings (SSSR count). The van der Waals surface area contributed by atoms with E-state index in [4.69, 9.17) is 14.2 Å². The van der Waals surface area contributed by atoms with Crippen molar-refractivity contribution < 1.29 is 23.8 Å². The second-order valence-electron chi connectivity index (χ2n) is 5.30. The molecule has 0 radical (unpaired) electrons. The first-order valence-electron chi connectivity index (χ1n) is 8.09. The number of rotatable bonds is 9. The Balaban J connectivity index is 1.68. The Morgan fingerprint density at radius 2 is 1.58 bits per heavy atom. The van der Waals surface area contributed by atoms with Gasteiger partial charge < -0.3 is 24.8 Å². The van der Waals surface area contributed by atoms with E-state index in [9.17, 15) is 9.59 Å². The third-order valence-corrected chi connectivity index (χ3v) is 3.45. The van der Waals surface area contributed by atoms with Gasteiger partial charge in [0.2, 0.25) is 11.8 Å². The molecule has 0 bridgehead atoms. The van der Waals surface area contributed by atoms with Crippen LogP contribution in [0.5, 0.6) is 17.2 Å². The molecule has 0 saturated heterocycles. The summed E-state index contributed by atoms with van der Waals surface area (Å²) in [6, 6.07) is 14.1. The van der Waals surface area contributed by atoms with Crippen LogP contribution in [0.3, 0.4) is 0 Å². The summed E-state index contributed by atoms with van der Waals surface area (Å²) < 4.78 is 15.7. The third kappa shape index (κ3) is 6.01. The van der Waals surface area contributed by atoms with Crippen molar-refractivity contribution in [3.63, 3.8) is 0 Å². The summed E-state index contributed by atoms with van der Waals surface area (Å²) in [7, 11) is 3.11. The summed E-state index contributed by atoms with van der Waals surface area (Å²) in [4.78, 5) is 23.8. The fourth-order valence-corrected chi connectivity index (χ4v) is 2.18. The van der Waals surface area contributed by atoms with E-state index < -0.39 is 5.91 Å². The van der Waals surface area contributed by atoms with Gasteiger partial charge in [0.05, 0.1) is 26.5 Å². The Morgan fingerprint density at radius 3 is 2.27 bits per heavy atom. The molecule has 0 saturated carbocycles. The zero-order chi connectivity index (χ0) is 18.8. The number of hydrogen-bond acceptors (Lipinski definition) is 5. The molecular formula is C19H22N2O5. The highest BCUT2D eigenvalue weighted by atomic mass is 16.5. The molecule has 0 aliphatic rings. The van der Waals surface area contributed by atoms with Gasteiger partial charge in [0, 0.05) is 0 Å². The number of carbonyl (C=O) groups excluding carboxylic acids is 2. The molecule has 0 aliphatic carbocycles. The third-order valence-electron chi connectivity index (χ3n) is 3.45. The Bertz CT molecular complexity index is 731. The molecule has 2 N–H and O–H groups in total. The minimum atomic E-state index is -0.414. The summed E-state index contributed by atoms with van der Waals surface area (Å²) in [5, 5.41) is 5.29. The Hall–Kier alpha value is -3.22. The van der Waals surface area contributed by atoms with Crippen LogP contribution in [0.2, 0.25) is 0 Å². The molecule has 0 aliphatic heterocycles. The molecule has 0 spiro atoms. The summed E-state index contributed by atoms with van der Waals surface area (Å²) in [6.07, 6.45) is -0.277. The molecule has 7 nitrogen and oxygen atoms in total. The van der Waals surface area contributed by atoms with Crippen LogP contribution < -0.4 is 24.8 Å². The van der Waals surface area contributed by atoms with Crippen LogP contribution >= 0.6 is 0 Å². The van der Waals surface area contributed by atoms with Crippen LogP contribution in [0.25, 0.3) is 0 Å². The molecule has 0 atom stereocenters. The molecule has 2 amide bonds. The smallest absolute Gasteiger partial charge is 0.233 e. The number of carbonyl (C=O) groups is 2. The lowest BCUT2D eigenvalue weighted by Crippen LogP contribution is -2.31. The number of ether oxygens (including phenoxy) is 3. The van der Waals surface area contributed by atoms with Crippen molar-refractivity contribution in [2.24, 2.45) is 0 Å². The van der Waals surface area contributed by atoms with Crippen LogP contribution in [-0.4, -0.2) is 39.2 Å². The van der Waals surface area contributed by atoms with Gasteiger partial charge in [0.25, 0.3) is 0 Å². The number of hydrogen-bond donors (Lipinski definition) is 2. The van der Waals surface area contributed by atoms with Gasteiger partial charge in [-0.05, 0) is 36.4 Å². The Kier molecular flexibility index (Phi) is 7.30. The molecular weight excluding hydrogens is 336 g/mol. The standard InChI is InChI=1S/C19H22N2O5/c1-24-14-7-9-15(10-8-14)26-12-11-20-18(22)13-19(23)21-16-5-3-4-6-17(16)25-2/h3-10H,11-13H2,1-2H3,(H,20,22)(H,21,23). The number of amides is 2. The molecule has 2 aromatic rings. The fourth-order valence-electron chi connectivity index (χ4n) is 2.18. The lowest BCUT2D eigenvalue weighted by Gasteiger charge is -2.10. The van der Waals surface area contributed by atoms with Crippen LogP contribution in [0.1, 0.15) is 6.42 Å². The average Bonchev–Trinajstić information content (AvgIpc) is 2.66. The maximum Gasteiger partial charge on any atom is 0.233 e. The Labute approximate surface area is 152 Å². The van der Waals surface area contributed by atoms with Gasteiger partial charge in [-0.25, -0.2) is 0 Å². The van der Waals surface area contributed by atoms with Crippen molar-refractivity contribution >= 4 is 17.5 Å². The van der Waals surface area contributed by atoms with Gasteiger partial charge in [-0.1, -0.05) is 12.1 Å². The predicted molar refractivity (Wildman–Crippen MR) is 97.7 cm³/mol. The molecule has 0 fully saturated rings. The highest BCUT2D eigenvalue weighted by Crippen LogP contribution is 2.23. The van der Waals surface area contributed by atoms with Gasteiger partial charge in [-0.2, -0.15) is 0 Å². The lowest BCUT2D eigenvalue weighted by atomic mass is 10.2. The lowest BCUT2D eigenvalue weighted by molar-refractivity contribution is -0.126. The van der Waals surface area contributed by atoms with E-state index in [0.717, 1.165) is 5.75 Å². The second kappa shape index (κ2) is 9.93. The van der Waals surface area contributed by atoms with Gasteiger partial charge in [0.15, 0.2) is 0 Å². The van der Waals surface area contributed by atoms with Gasteiger partial charge >= 0.3 is 0 Å². The fraction of sp³-hybridized carbons (Fsp3) is 0.263. The zero-order valence-electron chi connectivity index (χ0n) is 14.8. The molecule has 0 heterocycles. The summed E-state index contributed by atoms with van der Waals surface area (Å²) >= 11 is 0. The Morgan fingerprint density at radius 1 is 0.885 bits per heavy atom. The van der Waals surface area contributed by atoms with Crippen molar-refractivity contribution in [3.05, 3.63) is 48.5 Å². The SMILES string of the molecule is COc1ccc(OCCNC(=O)CC(=O)Nc2ccccc2OC)cc1. The maximum absolute atomic E-state index is 11.9. The van der Waals surface area contributed by atoms with Crippen molar-refractivity contribution in [2.45, 2.75) is 6.42 Å². The van der Waals surface area contributed by atoms with E-state index >= 15 is 0 Å². The molecule has 7 heteroatoms. The second-order valence-corrected chi connectivity index (χ2v) is 5.30. The quantitative estimate of drug-likeness (QED) is 0.530. The first kappa shape index (κ1) is 19.1. The van der Waals surface area contributed by atoms with Gasteiger partial charge in [-0.3, -0.25) is 9.59 Å². The number of benzene rings is 2. The normalized spacial score (nSPS) is 9.92.